The number of rotatable bonds is 3. The van der Waals surface area contributed by atoms with Crippen molar-refractivity contribution in [1.82, 2.24) is 4.57 Å². The Morgan fingerprint density at radius 2 is 2.00 bits per heavy atom. The van der Waals surface area contributed by atoms with E-state index in [0.717, 1.165) is 25.3 Å². The minimum absolute atomic E-state index is 0.212. The maximum Gasteiger partial charge on any atom is 0.0812 e. The number of fused-ring (bicyclic) bond motifs is 1. The van der Waals surface area contributed by atoms with Crippen LogP contribution in [0.2, 0.25) is 0 Å². The van der Waals surface area contributed by atoms with Crippen molar-refractivity contribution in [3.8, 4) is 0 Å². The largest absolute Gasteiger partial charge is 0.388 e. The van der Waals surface area contributed by atoms with Gasteiger partial charge in [0.15, 0.2) is 0 Å². The lowest BCUT2D eigenvalue weighted by atomic mass is 9.75. The van der Waals surface area contributed by atoms with E-state index in [9.17, 15) is 5.11 Å². The van der Waals surface area contributed by atoms with Gasteiger partial charge in [-0.25, -0.2) is 0 Å². The number of aryl methyl sites for hydroxylation is 1. The molecule has 0 saturated heterocycles. The van der Waals surface area contributed by atoms with Crippen LogP contribution in [0.1, 0.15) is 70.0 Å². The van der Waals surface area contributed by atoms with Gasteiger partial charge in [-0.2, -0.15) is 0 Å². The van der Waals surface area contributed by atoms with E-state index < -0.39 is 0 Å². The second-order valence-corrected chi connectivity index (χ2v) is 8.35. The molecule has 2 nitrogen and oxygen atoms in total. The van der Waals surface area contributed by atoms with Gasteiger partial charge in [0, 0.05) is 23.5 Å². The zero-order valence-electron chi connectivity index (χ0n) is 13.7. The molecule has 0 amide bonds. The van der Waals surface area contributed by atoms with E-state index in [1.807, 2.05) is 0 Å². The van der Waals surface area contributed by atoms with Crippen LogP contribution in [0.15, 0.2) is 6.07 Å². The predicted molar refractivity (Wildman–Crippen MR) is 82.7 cm³/mol. The van der Waals surface area contributed by atoms with E-state index in [0.29, 0.717) is 5.41 Å². The van der Waals surface area contributed by atoms with Crippen molar-refractivity contribution in [2.24, 2.45) is 16.7 Å². The van der Waals surface area contributed by atoms with Gasteiger partial charge in [0.1, 0.15) is 0 Å². The first kappa shape index (κ1) is 14.2. The smallest absolute Gasteiger partial charge is 0.0812 e. The minimum atomic E-state index is -0.275. The molecular formula is C18H29NO. The highest BCUT2D eigenvalue weighted by molar-refractivity contribution is 5.33. The van der Waals surface area contributed by atoms with Crippen molar-refractivity contribution >= 4 is 0 Å². The van der Waals surface area contributed by atoms with Gasteiger partial charge in [0.25, 0.3) is 0 Å². The molecule has 2 aliphatic carbocycles. The minimum Gasteiger partial charge on any atom is -0.388 e. The summed E-state index contributed by atoms with van der Waals surface area (Å²) in [6.45, 7) is 12.6. The van der Waals surface area contributed by atoms with Gasteiger partial charge < -0.3 is 9.67 Å². The molecule has 1 saturated carbocycles. The van der Waals surface area contributed by atoms with E-state index in [4.69, 9.17) is 0 Å². The number of hydrogen-bond acceptors (Lipinski definition) is 1. The molecule has 0 spiro atoms. The SMILES string of the molecule is Cc1cc2c(n1CC1(C(C)C)CC1)CC(C)(C)CC2O. The lowest BCUT2D eigenvalue weighted by Crippen LogP contribution is -2.28. The van der Waals surface area contributed by atoms with E-state index >= 15 is 0 Å². The third kappa shape index (κ3) is 2.22. The monoisotopic (exact) mass is 275 g/mol. The topological polar surface area (TPSA) is 25.2 Å². The Morgan fingerprint density at radius 3 is 2.55 bits per heavy atom. The Labute approximate surface area is 123 Å². The normalized spacial score (nSPS) is 26.6. The average Bonchev–Trinajstić information content (AvgIpc) is 3.03. The summed E-state index contributed by atoms with van der Waals surface area (Å²) in [4.78, 5) is 0. The van der Waals surface area contributed by atoms with Crippen LogP contribution in [0.4, 0.5) is 0 Å². The lowest BCUT2D eigenvalue weighted by Gasteiger charge is -2.35. The summed E-state index contributed by atoms with van der Waals surface area (Å²) in [6.07, 6.45) is 4.44. The van der Waals surface area contributed by atoms with E-state index in [2.05, 4.69) is 45.3 Å². The zero-order valence-corrected chi connectivity index (χ0v) is 13.7. The maximum absolute atomic E-state index is 10.4. The Morgan fingerprint density at radius 1 is 1.35 bits per heavy atom. The summed E-state index contributed by atoms with van der Waals surface area (Å²) in [5.74, 6) is 0.751. The molecule has 0 radical (unpaired) electrons. The van der Waals surface area contributed by atoms with E-state index in [-0.39, 0.29) is 11.5 Å². The average molecular weight is 275 g/mol. The summed E-state index contributed by atoms with van der Waals surface area (Å²) < 4.78 is 2.52. The van der Waals surface area contributed by atoms with Gasteiger partial charge in [-0.05, 0) is 55.4 Å². The second-order valence-electron chi connectivity index (χ2n) is 8.35. The van der Waals surface area contributed by atoms with Gasteiger partial charge in [-0.1, -0.05) is 27.7 Å². The highest BCUT2D eigenvalue weighted by Crippen LogP contribution is 2.54. The Balaban J connectivity index is 1.97. The van der Waals surface area contributed by atoms with Gasteiger partial charge in [-0.3, -0.25) is 0 Å². The first-order valence-corrected chi connectivity index (χ1v) is 8.11. The van der Waals surface area contributed by atoms with Crippen LogP contribution in [0.5, 0.6) is 0 Å². The summed E-state index contributed by atoms with van der Waals surface area (Å²) in [5.41, 5.74) is 4.66. The van der Waals surface area contributed by atoms with Crippen molar-refractivity contribution in [3.63, 3.8) is 0 Å². The number of aromatic nitrogens is 1. The molecule has 1 fully saturated rings. The van der Waals surface area contributed by atoms with Crippen LogP contribution >= 0.6 is 0 Å². The Kier molecular flexibility index (Phi) is 3.10. The maximum atomic E-state index is 10.4. The third-order valence-corrected chi connectivity index (χ3v) is 5.79. The van der Waals surface area contributed by atoms with Crippen molar-refractivity contribution in [1.29, 1.82) is 0 Å². The third-order valence-electron chi connectivity index (χ3n) is 5.79. The van der Waals surface area contributed by atoms with Crippen LogP contribution in [-0.4, -0.2) is 9.67 Å². The summed E-state index contributed by atoms with van der Waals surface area (Å²) in [5, 5.41) is 10.4. The number of aliphatic hydroxyl groups excluding tert-OH is 1. The zero-order chi connectivity index (χ0) is 14.7. The standard InChI is InChI=1S/C18H29NO/c1-12(2)18(6-7-18)11-19-13(3)8-14-15(19)9-17(4,5)10-16(14)20/h8,12,16,20H,6-7,9-11H2,1-5H3. The first-order chi connectivity index (χ1) is 9.24. The molecule has 1 aromatic heterocycles. The van der Waals surface area contributed by atoms with Crippen molar-refractivity contribution in [3.05, 3.63) is 23.0 Å². The number of hydrogen-bond donors (Lipinski definition) is 1. The van der Waals surface area contributed by atoms with Crippen LogP contribution in [0, 0.1) is 23.7 Å². The summed E-state index contributed by atoms with van der Waals surface area (Å²) >= 11 is 0. The molecular weight excluding hydrogens is 246 g/mol. The molecule has 1 N–H and O–H groups in total. The first-order valence-electron chi connectivity index (χ1n) is 8.11. The molecule has 112 valence electrons. The predicted octanol–water partition coefficient (Wildman–Crippen LogP) is 4.24. The molecule has 0 aromatic carbocycles. The van der Waals surface area contributed by atoms with Crippen LogP contribution in [0.3, 0.4) is 0 Å². The fourth-order valence-corrected chi connectivity index (χ4v) is 4.01. The molecule has 1 atom stereocenters. The van der Waals surface area contributed by atoms with Crippen LogP contribution < -0.4 is 0 Å². The fraction of sp³-hybridized carbons (Fsp3) is 0.778. The van der Waals surface area contributed by atoms with Gasteiger partial charge >= 0.3 is 0 Å². The van der Waals surface area contributed by atoms with Gasteiger partial charge in [0.2, 0.25) is 0 Å². The molecule has 1 unspecified atom stereocenters. The van der Waals surface area contributed by atoms with Crippen molar-refractivity contribution in [2.45, 2.75) is 73.0 Å². The quantitative estimate of drug-likeness (QED) is 0.877. The van der Waals surface area contributed by atoms with Crippen LogP contribution in [-0.2, 0) is 13.0 Å². The lowest BCUT2D eigenvalue weighted by molar-refractivity contribution is 0.0972. The molecule has 2 aliphatic rings. The summed E-state index contributed by atoms with van der Waals surface area (Å²) in [6, 6.07) is 2.23. The molecule has 3 rings (SSSR count). The van der Waals surface area contributed by atoms with Crippen molar-refractivity contribution in [2.75, 3.05) is 0 Å². The Hall–Kier alpha value is -0.760. The highest BCUT2D eigenvalue weighted by atomic mass is 16.3. The van der Waals surface area contributed by atoms with Crippen LogP contribution in [0.25, 0.3) is 0 Å². The van der Waals surface area contributed by atoms with Crippen molar-refractivity contribution < 1.29 is 5.11 Å². The number of nitrogens with zero attached hydrogens (tertiary/aromatic N) is 1. The summed E-state index contributed by atoms with van der Waals surface area (Å²) in [7, 11) is 0. The molecule has 0 aliphatic heterocycles. The molecule has 0 bridgehead atoms. The van der Waals surface area contributed by atoms with Gasteiger partial charge in [0.05, 0.1) is 6.10 Å². The highest BCUT2D eigenvalue weighted by Gasteiger charge is 2.46. The van der Waals surface area contributed by atoms with Gasteiger partial charge in [-0.15, -0.1) is 0 Å². The molecule has 1 aromatic rings. The molecule has 1 heterocycles. The fourth-order valence-electron chi connectivity index (χ4n) is 4.01. The Bertz CT molecular complexity index is 520. The molecule has 20 heavy (non-hydrogen) atoms. The molecule has 2 heteroatoms. The number of aliphatic hydroxyl groups is 1. The second kappa shape index (κ2) is 4.37. The van der Waals surface area contributed by atoms with E-state index in [1.54, 1.807) is 0 Å². The van der Waals surface area contributed by atoms with E-state index in [1.165, 1.54) is 29.8 Å².